The molecule has 2 heterocycles. The average molecular weight is 286 g/mol. The van der Waals surface area contributed by atoms with Crippen molar-refractivity contribution in [2.45, 2.75) is 12.5 Å². The molecule has 1 aliphatic rings. The average Bonchev–Trinajstić information content (AvgIpc) is 2.68. The third-order valence-corrected chi connectivity index (χ3v) is 2.25. The van der Waals surface area contributed by atoms with E-state index < -0.39 is 0 Å². The number of aromatic nitrogens is 1. The van der Waals surface area contributed by atoms with E-state index >= 15 is 0 Å². The molecule has 0 unspecified atom stereocenters. The van der Waals surface area contributed by atoms with Gasteiger partial charge in [-0.25, -0.2) is 0 Å². The smallest absolute Gasteiger partial charge is 0.196 e. The number of halogens is 1. The molecule has 4 N–H and O–H groups in total. The largest absolute Gasteiger partial charge is 0.351 e. The molecule has 0 aliphatic carbocycles. The standard InChI is InChI=1S/C10H15N5.BrH/c11-4-3-9-7-13-10(15-9)14-8-2-1-5-12-6-8;/h1-2,5-6,9H,3-4,7,11H2,(H2,13,14,15);1H/t9-;/m0./s1. The first-order chi connectivity index (χ1) is 7.38. The zero-order valence-electron chi connectivity index (χ0n) is 8.89. The molecule has 0 fully saturated rings. The van der Waals surface area contributed by atoms with E-state index in [4.69, 9.17) is 5.73 Å². The van der Waals surface area contributed by atoms with E-state index in [-0.39, 0.29) is 17.0 Å². The van der Waals surface area contributed by atoms with E-state index in [1.807, 2.05) is 12.1 Å². The maximum atomic E-state index is 5.49. The first-order valence-electron chi connectivity index (χ1n) is 5.06. The minimum atomic E-state index is 0. The number of rotatable bonds is 3. The second kappa shape index (κ2) is 6.44. The number of hydrogen-bond donors (Lipinski definition) is 3. The third-order valence-electron chi connectivity index (χ3n) is 2.25. The van der Waals surface area contributed by atoms with Gasteiger partial charge in [-0.05, 0) is 25.1 Å². The van der Waals surface area contributed by atoms with Crippen LogP contribution in [0.3, 0.4) is 0 Å². The maximum Gasteiger partial charge on any atom is 0.196 e. The van der Waals surface area contributed by atoms with Crippen molar-refractivity contribution in [1.82, 2.24) is 10.3 Å². The van der Waals surface area contributed by atoms with Crippen molar-refractivity contribution < 1.29 is 0 Å². The fraction of sp³-hybridized carbons (Fsp3) is 0.400. The molecule has 1 aromatic rings. The zero-order valence-corrected chi connectivity index (χ0v) is 10.6. The molecule has 0 amide bonds. The molecule has 2 rings (SSSR count). The van der Waals surface area contributed by atoms with Gasteiger partial charge in [0.1, 0.15) is 0 Å². The van der Waals surface area contributed by atoms with Gasteiger partial charge >= 0.3 is 0 Å². The Morgan fingerprint density at radius 3 is 3.12 bits per heavy atom. The molecule has 0 spiro atoms. The number of nitrogens with one attached hydrogen (secondary N) is 2. The lowest BCUT2D eigenvalue weighted by molar-refractivity contribution is 0.609. The molecular formula is C10H16BrN5. The highest BCUT2D eigenvalue weighted by Gasteiger charge is 2.15. The fourth-order valence-corrected chi connectivity index (χ4v) is 1.50. The van der Waals surface area contributed by atoms with Gasteiger partial charge in [-0.3, -0.25) is 9.98 Å². The van der Waals surface area contributed by atoms with Crippen LogP contribution >= 0.6 is 17.0 Å². The predicted octanol–water partition coefficient (Wildman–Crippen LogP) is 0.748. The van der Waals surface area contributed by atoms with Crippen molar-refractivity contribution in [3.63, 3.8) is 0 Å². The molecule has 5 nitrogen and oxygen atoms in total. The van der Waals surface area contributed by atoms with Gasteiger partial charge in [0.05, 0.1) is 18.4 Å². The number of aliphatic imine (C=N–C) groups is 1. The summed E-state index contributed by atoms with van der Waals surface area (Å²) >= 11 is 0. The molecule has 0 radical (unpaired) electrons. The Morgan fingerprint density at radius 2 is 2.44 bits per heavy atom. The quantitative estimate of drug-likeness (QED) is 0.766. The summed E-state index contributed by atoms with van der Waals surface area (Å²) in [6, 6.07) is 4.21. The van der Waals surface area contributed by atoms with E-state index in [2.05, 4.69) is 20.6 Å². The molecular weight excluding hydrogens is 270 g/mol. The van der Waals surface area contributed by atoms with Crippen LogP contribution in [0.15, 0.2) is 29.5 Å². The van der Waals surface area contributed by atoms with Crippen molar-refractivity contribution in [3.05, 3.63) is 24.5 Å². The lowest BCUT2D eigenvalue weighted by Gasteiger charge is -2.11. The number of pyridine rings is 1. The van der Waals surface area contributed by atoms with Crippen molar-refractivity contribution in [1.29, 1.82) is 0 Å². The molecule has 1 aromatic heterocycles. The van der Waals surface area contributed by atoms with Crippen LogP contribution in [0.5, 0.6) is 0 Å². The molecule has 0 saturated heterocycles. The van der Waals surface area contributed by atoms with Crippen molar-refractivity contribution in [2.24, 2.45) is 10.7 Å². The Morgan fingerprint density at radius 1 is 1.56 bits per heavy atom. The number of hydrogen-bond acceptors (Lipinski definition) is 5. The van der Waals surface area contributed by atoms with E-state index in [9.17, 15) is 0 Å². The summed E-state index contributed by atoms with van der Waals surface area (Å²) in [6.45, 7) is 1.48. The van der Waals surface area contributed by atoms with Crippen LogP contribution in [0.4, 0.5) is 5.69 Å². The van der Waals surface area contributed by atoms with Gasteiger partial charge in [0.25, 0.3) is 0 Å². The molecule has 0 bridgehead atoms. The Balaban J connectivity index is 0.00000128. The summed E-state index contributed by atoms with van der Waals surface area (Å²) in [5.41, 5.74) is 6.43. The molecule has 0 aromatic carbocycles. The first kappa shape index (κ1) is 12.9. The summed E-state index contributed by atoms with van der Waals surface area (Å²) < 4.78 is 0. The highest BCUT2D eigenvalue weighted by molar-refractivity contribution is 8.93. The van der Waals surface area contributed by atoms with Crippen molar-refractivity contribution >= 4 is 28.6 Å². The second-order valence-corrected chi connectivity index (χ2v) is 3.47. The van der Waals surface area contributed by atoms with E-state index in [1.165, 1.54) is 0 Å². The maximum absolute atomic E-state index is 5.49. The fourth-order valence-electron chi connectivity index (χ4n) is 1.50. The monoisotopic (exact) mass is 285 g/mol. The molecule has 16 heavy (non-hydrogen) atoms. The Bertz CT molecular complexity index is 340. The van der Waals surface area contributed by atoms with Crippen LogP contribution in [-0.4, -0.2) is 30.1 Å². The molecule has 88 valence electrons. The zero-order chi connectivity index (χ0) is 10.5. The SMILES string of the molecule is Br.NCC[C@H]1CN=C(Nc2cccnc2)N1. The topological polar surface area (TPSA) is 75.3 Å². The van der Waals surface area contributed by atoms with Gasteiger partial charge in [-0.2, -0.15) is 0 Å². The third kappa shape index (κ3) is 3.46. The number of nitrogens with two attached hydrogens (primary N) is 1. The molecule has 6 heteroatoms. The summed E-state index contributed by atoms with van der Waals surface area (Å²) in [5, 5.41) is 6.44. The van der Waals surface area contributed by atoms with Gasteiger partial charge in [0, 0.05) is 12.2 Å². The molecule has 1 atom stereocenters. The lowest BCUT2D eigenvalue weighted by Crippen LogP contribution is -2.35. The van der Waals surface area contributed by atoms with Gasteiger partial charge in [-0.15, -0.1) is 17.0 Å². The Labute approximate surface area is 105 Å². The lowest BCUT2D eigenvalue weighted by atomic mass is 10.2. The predicted molar refractivity (Wildman–Crippen MR) is 71.1 cm³/mol. The van der Waals surface area contributed by atoms with Crippen LogP contribution in [0.1, 0.15) is 6.42 Å². The Kier molecular flexibility index (Phi) is 5.21. The van der Waals surface area contributed by atoms with Crippen LogP contribution in [0.2, 0.25) is 0 Å². The highest BCUT2D eigenvalue weighted by atomic mass is 79.9. The highest BCUT2D eigenvalue weighted by Crippen LogP contribution is 2.05. The molecule has 1 aliphatic heterocycles. The van der Waals surface area contributed by atoms with Crippen LogP contribution < -0.4 is 16.4 Å². The first-order valence-corrected chi connectivity index (χ1v) is 5.06. The van der Waals surface area contributed by atoms with E-state index in [1.54, 1.807) is 12.4 Å². The minimum absolute atomic E-state index is 0. The van der Waals surface area contributed by atoms with Crippen LogP contribution in [-0.2, 0) is 0 Å². The Hall–Kier alpha value is -1.14. The molecule has 0 saturated carbocycles. The van der Waals surface area contributed by atoms with E-state index in [0.29, 0.717) is 12.6 Å². The van der Waals surface area contributed by atoms with Gasteiger partial charge in [0.15, 0.2) is 5.96 Å². The number of nitrogens with zero attached hydrogens (tertiary/aromatic N) is 2. The van der Waals surface area contributed by atoms with Gasteiger partial charge in [-0.1, -0.05) is 0 Å². The number of guanidine groups is 1. The number of anilines is 1. The van der Waals surface area contributed by atoms with Crippen LogP contribution in [0, 0.1) is 0 Å². The van der Waals surface area contributed by atoms with Crippen molar-refractivity contribution in [3.8, 4) is 0 Å². The van der Waals surface area contributed by atoms with Crippen molar-refractivity contribution in [2.75, 3.05) is 18.4 Å². The van der Waals surface area contributed by atoms with E-state index in [0.717, 1.165) is 24.6 Å². The summed E-state index contributed by atoms with van der Waals surface area (Å²) in [4.78, 5) is 8.36. The van der Waals surface area contributed by atoms with Gasteiger partial charge < -0.3 is 16.4 Å². The summed E-state index contributed by atoms with van der Waals surface area (Å²) in [6.07, 6.45) is 4.45. The normalized spacial score (nSPS) is 18.3. The summed E-state index contributed by atoms with van der Waals surface area (Å²) in [7, 11) is 0. The van der Waals surface area contributed by atoms with Crippen LogP contribution in [0.25, 0.3) is 0 Å². The second-order valence-electron chi connectivity index (χ2n) is 3.47. The summed E-state index contributed by atoms with van der Waals surface area (Å²) in [5.74, 6) is 0.807. The van der Waals surface area contributed by atoms with Gasteiger partial charge in [0.2, 0.25) is 0 Å². The minimum Gasteiger partial charge on any atom is -0.351 e.